The summed E-state index contributed by atoms with van der Waals surface area (Å²) < 4.78 is 12.9. The lowest BCUT2D eigenvalue weighted by atomic mass is 9.92. The van der Waals surface area contributed by atoms with E-state index in [0.717, 1.165) is 28.6 Å². The molecule has 188 valence electrons. The van der Waals surface area contributed by atoms with Crippen LogP contribution in [0.4, 0.5) is 10.5 Å². The van der Waals surface area contributed by atoms with Gasteiger partial charge in [0, 0.05) is 11.6 Å². The van der Waals surface area contributed by atoms with Crippen LogP contribution in [0.3, 0.4) is 0 Å². The van der Waals surface area contributed by atoms with Crippen molar-refractivity contribution in [1.29, 1.82) is 0 Å². The van der Waals surface area contributed by atoms with Gasteiger partial charge in [-0.15, -0.1) is 0 Å². The first-order chi connectivity index (χ1) is 16.3. The summed E-state index contributed by atoms with van der Waals surface area (Å²) in [6, 6.07) is 13.5. The van der Waals surface area contributed by atoms with E-state index in [1.807, 2.05) is 94.8 Å². The Balaban J connectivity index is 1.93. The molecule has 0 aliphatic rings. The molecular formula is C28H35ClN2O4. The van der Waals surface area contributed by atoms with E-state index < -0.39 is 17.3 Å². The fourth-order valence-electron chi connectivity index (χ4n) is 3.95. The minimum Gasteiger partial charge on any atom is -0.460 e. The molecule has 0 radical (unpaired) electrons. The number of nitrogens with zero attached hydrogens (tertiary/aromatic N) is 1. The van der Waals surface area contributed by atoms with Crippen molar-refractivity contribution >= 4 is 40.3 Å². The lowest BCUT2D eigenvalue weighted by Gasteiger charge is -2.22. The predicted molar refractivity (Wildman–Crippen MR) is 142 cm³/mol. The van der Waals surface area contributed by atoms with Crippen LogP contribution in [0, 0.1) is 0 Å². The molecule has 0 aliphatic heterocycles. The molecule has 0 fully saturated rings. The average molecular weight is 499 g/mol. The summed E-state index contributed by atoms with van der Waals surface area (Å²) in [5, 5.41) is 4.29. The van der Waals surface area contributed by atoms with Gasteiger partial charge in [-0.25, -0.2) is 4.79 Å². The van der Waals surface area contributed by atoms with Gasteiger partial charge in [-0.1, -0.05) is 30.7 Å². The van der Waals surface area contributed by atoms with Gasteiger partial charge in [0.2, 0.25) is 0 Å². The number of anilines is 1. The van der Waals surface area contributed by atoms with Crippen LogP contribution in [-0.4, -0.2) is 27.8 Å². The topological polar surface area (TPSA) is 69.6 Å². The second kappa shape index (κ2) is 10.3. The number of ether oxygens (including phenoxy) is 2. The van der Waals surface area contributed by atoms with Crippen LogP contribution in [0.15, 0.2) is 48.7 Å². The van der Waals surface area contributed by atoms with Crippen molar-refractivity contribution in [1.82, 2.24) is 4.57 Å². The molecule has 3 rings (SSSR count). The third-order valence-electron chi connectivity index (χ3n) is 5.40. The molecule has 7 heteroatoms. The summed E-state index contributed by atoms with van der Waals surface area (Å²) in [6.45, 7) is 13.1. The molecule has 1 heterocycles. The van der Waals surface area contributed by atoms with Gasteiger partial charge < -0.3 is 14.0 Å². The second-order valence-corrected chi connectivity index (χ2v) is 11.1. The van der Waals surface area contributed by atoms with Gasteiger partial charge in [0.15, 0.2) is 0 Å². The van der Waals surface area contributed by atoms with Crippen molar-refractivity contribution < 1.29 is 19.1 Å². The van der Waals surface area contributed by atoms with E-state index >= 15 is 0 Å². The number of aromatic nitrogens is 1. The molecule has 0 saturated heterocycles. The number of amides is 1. The summed E-state index contributed by atoms with van der Waals surface area (Å²) in [6.07, 6.45) is 2.50. The number of esters is 1. The normalized spacial score (nSPS) is 12.9. The largest absolute Gasteiger partial charge is 0.460 e. The molecule has 1 unspecified atom stereocenters. The van der Waals surface area contributed by atoms with Crippen LogP contribution in [0.5, 0.6) is 0 Å². The number of halogens is 1. The molecule has 2 aromatic carbocycles. The lowest BCUT2D eigenvalue weighted by molar-refractivity contribution is -0.155. The van der Waals surface area contributed by atoms with Crippen molar-refractivity contribution in [3.63, 3.8) is 0 Å². The SMILES string of the molecule is CCC(CC(=O)OC(C)(C)C)c1ccc(Cl)c(-n2ccc3c(NC(=O)OC(C)(C)C)cccc32)c1. The zero-order valence-electron chi connectivity index (χ0n) is 21.6. The number of carbonyl (C=O) groups excluding carboxylic acids is 2. The lowest BCUT2D eigenvalue weighted by Crippen LogP contribution is -2.27. The van der Waals surface area contributed by atoms with E-state index in [0.29, 0.717) is 17.1 Å². The summed E-state index contributed by atoms with van der Waals surface area (Å²) >= 11 is 6.62. The van der Waals surface area contributed by atoms with Gasteiger partial charge >= 0.3 is 12.1 Å². The third-order valence-corrected chi connectivity index (χ3v) is 5.72. The highest BCUT2D eigenvalue weighted by Crippen LogP contribution is 2.34. The summed E-state index contributed by atoms with van der Waals surface area (Å²) in [5.41, 5.74) is 2.25. The molecule has 3 aromatic rings. The van der Waals surface area contributed by atoms with Crippen LogP contribution >= 0.6 is 11.6 Å². The van der Waals surface area contributed by atoms with Crippen LogP contribution in [0.1, 0.15) is 72.8 Å². The zero-order valence-corrected chi connectivity index (χ0v) is 22.3. The Bertz CT molecular complexity index is 1220. The fourth-order valence-corrected chi connectivity index (χ4v) is 4.16. The predicted octanol–water partition coefficient (Wildman–Crippen LogP) is 7.86. The first kappa shape index (κ1) is 26.6. The minimum absolute atomic E-state index is 0.00656. The molecular weight excluding hydrogens is 464 g/mol. The van der Waals surface area contributed by atoms with E-state index in [-0.39, 0.29) is 11.9 Å². The number of hydrogen-bond donors (Lipinski definition) is 1. The van der Waals surface area contributed by atoms with Gasteiger partial charge in [0.25, 0.3) is 0 Å². The van der Waals surface area contributed by atoms with Crippen molar-refractivity contribution in [2.45, 2.75) is 78.4 Å². The number of rotatable bonds is 6. The van der Waals surface area contributed by atoms with Gasteiger partial charge in [-0.05, 0) is 89.8 Å². The van der Waals surface area contributed by atoms with Gasteiger partial charge in [-0.2, -0.15) is 0 Å². The van der Waals surface area contributed by atoms with Crippen molar-refractivity contribution in [2.24, 2.45) is 0 Å². The first-order valence-corrected chi connectivity index (χ1v) is 12.3. The third kappa shape index (κ3) is 7.01. The smallest absolute Gasteiger partial charge is 0.412 e. The Labute approximate surface area is 212 Å². The van der Waals surface area contributed by atoms with E-state index in [2.05, 4.69) is 12.2 Å². The summed E-state index contributed by atoms with van der Waals surface area (Å²) in [7, 11) is 0. The zero-order chi connectivity index (χ0) is 26.0. The maximum Gasteiger partial charge on any atom is 0.412 e. The van der Waals surface area contributed by atoms with Gasteiger partial charge in [-0.3, -0.25) is 10.1 Å². The van der Waals surface area contributed by atoms with Crippen molar-refractivity contribution in [2.75, 3.05) is 5.32 Å². The highest BCUT2D eigenvalue weighted by Gasteiger charge is 2.22. The van der Waals surface area contributed by atoms with Crippen LogP contribution in [0.2, 0.25) is 5.02 Å². The molecule has 35 heavy (non-hydrogen) atoms. The van der Waals surface area contributed by atoms with Crippen molar-refractivity contribution in [3.05, 3.63) is 59.2 Å². The highest BCUT2D eigenvalue weighted by atomic mass is 35.5. The average Bonchev–Trinajstić information content (AvgIpc) is 3.15. The second-order valence-electron chi connectivity index (χ2n) is 10.7. The molecule has 1 amide bonds. The number of hydrogen-bond acceptors (Lipinski definition) is 4. The molecule has 0 saturated carbocycles. The first-order valence-electron chi connectivity index (χ1n) is 11.9. The molecule has 1 N–H and O–H groups in total. The number of nitrogens with one attached hydrogen (secondary N) is 1. The van der Waals surface area contributed by atoms with Crippen LogP contribution in [-0.2, 0) is 14.3 Å². The van der Waals surface area contributed by atoms with Crippen LogP contribution in [0.25, 0.3) is 16.6 Å². The number of benzene rings is 2. The Morgan fingerprint density at radius 2 is 1.69 bits per heavy atom. The van der Waals surface area contributed by atoms with E-state index in [4.69, 9.17) is 21.1 Å². The molecule has 0 aliphatic carbocycles. The minimum atomic E-state index is -0.590. The fraction of sp³-hybridized carbons (Fsp3) is 0.429. The molecule has 0 bridgehead atoms. The summed E-state index contributed by atoms with van der Waals surface area (Å²) in [4.78, 5) is 24.8. The van der Waals surface area contributed by atoms with E-state index in [1.54, 1.807) is 0 Å². The summed E-state index contributed by atoms with van der Waals surface area (Å²) in [5.74, 6) is -0.211. The Morgan fingerprint density at radius 1 is 1.00 bits per heavy atom. The molecule has 6 nitrogen and oxygen atoms in total. The maximum atomic E-state index is 12.5. The molecule has 1 aromatic heterocycles. The monoisotopic (exact) mass is 498 g/mol. The van der Waals surface area contributed by atoms with E-state index in [9.17, 15) is 9.59 Å². The van der Waals surface area contributed by atoms with Crippen molar-refractivity contribution in [3.8, 4) is 5.69 Å². The van der Waals surface area contributed by atoms with Gasteiger partial charge in [0.05, 0.1) is 28.3 Å². The Hall–Kier alpha value is -2.99. The Morgan fingerprint density at radius 3 is 2.31 bits per heavy atom. The maximum absolute atomic E-state index is 12.5. The Kier molecular flexibility index (Phi) is 7.85. The number of fused-ring (bicyclic) bond motifs is 1. The molecule has 0 spiro atoms. The van der Waals surface area contributed by atoms with E-state index in [1.165, 1.54) is 0 Å². The standard InChI is InChI=1S/C28H35ClN2O4/c1-8-18(17-25(32)34-27(2,3)4)19-12-13-21(29)24(16-19)31-15-14-20-22(10-9-11-23(20)31)30-26(33)35-28(5,6)7/h9-16,18H,8,17H2,1-7H3,(H,30,33). The van der Waals surface area contributed by atoms with Crippen LogP contribution < -0.4 is 5.32 Å². The molecule has 1 atom stereocenters. The highest BCUT2D eigenvalue weighted by molar-refractivity contribution is 6.32. The van der Waals surface area contributed by atoms with Gasteiger partial charge in [0.1, 0.15) is 11.2 Å². The quantitative estimate of drug-likeness (QED) is 0.351. The number of carbonyl (C=O) groups is 2.